The number of rotatable bonds is 3. The third-order valence-electron chi connectivity index (χ3n) is 3.07. The molecule has 1 aliphatic carbocycles. The molecule has 0 radical (unpaired) electrons. The van der Waals surface area contributed by atoms with E-state index in [2.05, 4.69) is 0 Å². The summed E-state index contributed by atoms with van der Waals surface area (Å²) < 4.78 is 4.89. The third kappa shape index (κ3) is 1.95. The van der Waals surface area contributed by atoms with Crippen LogP contribution < -0.4 is 0 Å². The van der Waals surface area contributed by atoms with Gasteiger partial charge in [-0.15, -0.1) is 0 Å². The Bertz CT molecular complexity index is 400. The van der Waals surface area contributed by atoms with Crippen molar-refractivity contribution in [2.45, 2.75) is 31.8 Å². The number of fused-ring (bicyclic) bond motifs is 1. The molecule has 1 aliphatic rings. The minimum Gasteiger partial charge on any atom is -0.466 e. The molecule has 0 aromatic heterocycles. The van der Waals surface area contributed by atoms with Gasteiger partial charge in [-0.05, 0) is 30.9 Å². The Morgan fingerprint density at radius 3 is 3.00 bits per heavy atom. The van der Waals surface area contributed by atoms with E-state index in [4.69, 9.17) is 4.74 Å². The number of esters is 1. The summed E-state index contributed by atoms with van der Waals surface area (Å²) in [5, 5.41) is 10.4. The lowest BCUT2D eigenvalue weighted by molar-refractivity contribution is -0.149. The first-order chi connectivity index (χ1) is 7.65. The predicted molar refractivity (Wildman–Crippen MR) is 59.9 cm³/mol. The van der Waals surface area contributed by atoms with Crippen LogP contribution in [0.5, 0.6) is 0 Å². The molecular weight excluding hydrogens is 204 g/mol. The summed E-state index contributed by atoms with van der Waals surface area (Å²) in [6.07, 6.45) is 1.48. The quantitative estimate of drug-likeness (QED) is 0.790. The Morgan fingerprint density at radius 2 is 2.25 bits per heavy atom. The molecule has 16 heavy (non-hydrogen) atoms. The van der Waals surface area contributed by atoms with Crippen LogP contribution in [0.2, 0.25) is 0 Å². The van der Waals surface area contributed by atoms with Crippen molar-refractivity contribution in [3.05, 3.63) is 35.4 Å². The van der Waals surface area contributed by atoms with Crippen LogP contribution >= 0.6 is 0 Å². The van der Waals surface area contributed by atoms with Crippen molar-refractivity contribution in [1.29, 1.82) is 0 Å². The minimum atomic E-state index is -1.02. The maximum absolute atomic E-state index is 11.4. The summed E-state index contributed by atoms with van der Waals surface area (Å²) >= 11 is 0. The van der Waals surface area contributed by atoms with Crippen molar-refractivity contribution in [2.24, 2.45) is 0 Å². The molecule has 0 fully saturated rings. The lowest BCUT2D eigenvalue weighted by atomic mass is 9.92. The van der Waals surface area contributed by atoms with Gasteiger partial charge in [0.2, 0.25) is 0 Å². The van der Waals surface area contributed by atoms with E-state index >= 15 is 0 Å². The second-order valence-electron chi connectivity index (χ2n) is 4.17. The average Bonchev–Trinajstić information content (AvgIpc) is 2.58. The largest absolute Gasteiger partial charge is 0.466 e. The molecular formula is C13H16O3. The number of carbonyl (C=O) groups excluding carboxylic acids is 1. The van der Waals surface area contributed by atoms with E-state index in [1.807, 2.05) is 24.3 Å². The van der Waals surface area contributed by atoms with Crippen molar-refractivity contribution >= 4 is 5.97 Å². The molecule has 1 aromatic carbocycles. The minimum absolute atomic E-state index is 0.0534. The van der Waals surface area contributed by atoms with Gasteiger partial charge in [0.1, 0.15) is 5.60 Å². The first-order valence-corrected chi connectivity index (χ1v) is 5.62. The fraction of sp³-hybridized carbons (Fsp3) is 0.462. The van der Waals surface area contributed by atoms with Crippen LogP contribution in [0, 0.1) is 0 Å². The van der Waals surface area contributed by atoms with Gasteiger partial charge in [-0.1, -0.05) is 24.3 Å². The Morgan fingerprint density at radius 1 is 1.50 bits per heavy atom. The third-order valence-corrected chi connectivity index (χ3v) is 3.07. The van der Waals surface area contributed by atoms with Gasteiger partial charge < -0.3 is 9.84 Å². The molecule has 0 spiro atoms. The summed E-state index contributed by atoms with van der Waals surface area (Å²) in [5.74, 6) is -0.332. The molecule has 1 aromatic rings. The molecule has 3 heteroatoms. The molecule has 3 nitrogen and oxygen atoms in total. The Labute approximate surface area is 95.0 Å². The fourth-order valence-electron chi connectivity index (χ4n) is 2.30. The predicted octanol–water partition coefficient (Wildman–Crippen LogP) is 1.77. The summed E-state index contributed by atoms with van der Waals surface area (Å²) in [5.41, 5.74) is 0.986. The van der Waals surface area contributed by atoms with Gasteiger partial charge in [0.25, 0.3) is 0 Å². The molecule has 2 rings (SSSR count). The smallest absolute Gasteiger partial charge is 0.309 e. The Balaban J connectivity index is 2.18. The van der Waals surface area contributed by atoms with E-state index in [-0.39, 0.29) is 12.4 Å². The van der Waals surface area contributed by atoms with Gasteiger partial charge in [0.05, 0.1) is 13.0 Å². The van der Waals surface area contributed by atoms with Crippen molar-refractivity contribution < 1.29 is 14.6 Å². The summed E-state index contributed by atoms with van der Waals surface area (Å²) in [4.78, 5) is 11.4. The zero-order valence-corrected chi connectivity index (χ0v) is 9.40. The number of aryl methyl sites for hydroxylation is 1. The van der Waals surface area contributed by atoms with Crippen molar-refractivity contribution in [3.63, 3.8) is 0 Å². The highest BCUT2D eigenvalue weighted by Gasteiger charge is 2.38. The highest BCUT2D eigenvalue weighted by atomic mass is 16.5. The van der Waals surface area contributed by atoms with E-state index in [9.17, 15) is 9.90 Å². The van der Waals surface area contributed by atoms with Gasteiger partial charge in [-0.3, -0.25) is 4.79 Å². The van der Waals surface area contributed by atoms with Crippen molar-refractivity contribution in [2.75, 3.05) is 6.61 Å². The second-order valence-corrected chi connectivity index (χ2v) is 4.17. The number of hydrogen-bond donors (Lipinski definition) is 1. The highest BCUT2D eigenvalue weighted by molar-refractivity contribution is 5.71. The standard InChI is InChI=1S/C13H16O3/c1-2-16-12(14)9-13(15)8-7-10-5-3-4-6-11(10)13/h3-6,15H,2,7-9H2,1H3/t13-/m1/s1. The summed E-state index contributed by atoms with van der Waals surface area (Å²) in [6, 6.07) is 7.73. The lowest BCUT2D eigenvalue weighted by Gasteiger charge is -2.22. The summed E-state index contributed by atoms with van der Waals surface area (Å²) in [6.45, 7) is 2.13. The zero-order chi connectivity index (χ0) is 11.6. The van der Waals surface area contributed by atoms with Crippen LogP contribution in [-0.4, -0.2) is 17.7 Å². The van der Waals surface area contributed by atoms with Gasteiger partial charge in [0.15, 0.2) is 0 Å². The van der Waals surface area contributed by atoms with Crippen LogP contribution in [0.4, 0.5) is 0 Å². The lowest BCUT2D eigenvalue weighted by Crippen LogP contribution is -2.27. The first-order valence-electron chi connectivity index (χ1n) is 5.62. The summed E-state index contributed by atoms with van der Waals surface area (Å²) in [7, 11) is 0. The number of hydrogen-bond acceptors (Lipinski definition) is 3. The highest BCUT2D eigenvalue weighted by Crippen LogP contribution is 2.39. The molecule has 86 valence electrons. The van der Waals surface area contributed by atoms with E-state index in [1.165, 1.54) is 0 Å². The van der Waals surface area contributed by atoms with E-state index in [1.54, 1.807) is 6.92 Å². The zero-order valence-electron chi connectivity index (χ0n) is 9.40. The molecule has 0 bridgehead atoms. The molecule has 0 unspecified atom stereocenters. The van der Waals surface area contributed by atoms with Gasteiger partial charge in [0, 0.05) is 0 Å². The first kappa shape index (κ1) is 11.1. The Hall–Kier alpha value is -1.35. The molecule has 0 amide bonds. The molecule has 0 saturated carbocycles. The maximum Gasteiger partial charge on any atom is 0.309 e. The van der Waals surface area contributed by atoms with Crippen LogP contribution in [0.25, 0.3) is 0 Å². The number of aliphatic hydroxyl groups is 1. The molecule has 0 aliphatic heterocycles. The monoisotopic (exact) mass is 220 g/mol. The van der Waals surface area contributed by atoms with E-state index < -0.39 is 5.60 Å². The van der Waals surface area contributed by atoms with Crippen LogP contribution in [0.1, 0.15) is 30.9 Å². The van der Waals surface area contributed by atoms with E-state index in [0.717, 1.165) is 17.5 Å². The Kier molecular flexibility index (Phi) is 2.97. The second kappa shape index (κ2) is 4.26. The van der Waals surface area contributed by atoms with Crippen LogP contribution in [0.15, 0.2) is 24.3 Å². The van der Waals surface area contributed by atoms with Gasteiger partial charge in [-0.25, -0.2) is 0 Å². The van der Waals surface area contributed by atoms with E-state index in [0.29, 0.717) is 13.0 Å². The normalized spacial score (nSPS) is 22.9. The van der Waals surface area contributed by atoms with Crippen LogP contribution in [-0.2, 0) is 21.6 Å². The molecule has 1 N–H and O–H groups in total. The molecule has 0 heterocycles. The SMILES string of the molecule is CCOC(=O)C[C@]1(O)CCc2ccccc21. The van der Waals surface area contributed by atoms with Crippen molar-refractivity contribution in [1.82, 2.24) is 0 Å². The molecule has 1 atom stereocenters. The number of benzene rings is 1. The average molecular weight is 220 g/mol. The number of carbonyl (C=O) groups is 1. The van der Waals surface area contributed by atoms with Gasteiger partial charge in [-0.2, -0.15) is 0 Å². The fourth-order valence-corrected chi connectivity index (χ4v) is 2.30. The van der Waals surface area contributed by atoms with Crippen LogP contribution in [0.3, 0.4) is 0 Å². The van der Waals surface area contributed by atoms with Crippen molar-refractivity contribution in [3.8, 4) is 0 Å². The van der Waals surface area contributed by atoms with Gasteiger partial charge >= 0.3 is 5.97 Å². The maximum atomic E-state index is 11.4. The number of ether oxygens (including phenoxy) is 1. The topological polar surface area (TPSA) is 46.5 Å². The molecule has 0 saturated heterocycles.